The molecule has 3 aromatic heterocycles. The molecule has 0 aliphatic rings. The molecule has 0 saturated heterocycles. The lowest BCUT2D eigenvalue weighted by Gasteiger charge is -2.01. The molecule has 7 nitrogen and oxygen atoms in total. The number of rotatable bonds is 4. The molecule has 0 radical (unpaired) electrons. The number of carbonyl (C=O) groups excluding carboxylic acids is 1. The zero-order chi connectivity index (χ0) is 18.1. The van der Waals surface area contributed by atoms with Crippen molar-refractivity contribution < 1.29 is 13.9 Å². The van der Waals surface area contributed by atoms with E-state index in [-0.39, 0.29) is 5.69 Å². The summed E-state index contributed by atoms with van der Waals surface area (Å²) in [5, 5.41) is 0. The Hall–Kier alpha value is -3.48. The minimum absolute atomic E-state index is 0.223. The highest BCUT2D eigenvalue weighted by Gasteiger charge is 2.14. The summed E-state index contributed by atoms with van der Waals surface area (Å²) in [7, 11) is 1.94. The Morgan fingerprint density at radius 3 is 2.81 bits per heavy atom. The van der Waals surface area contributed by atoms with Crippen LogP contribution in [0.4, 0.5) is 0 Å². The van der Waals surface area contributed by atoms with Crippen LogP contribution in [0, 0.1) is 0 Å². The second-order valence-corrected chi connectivity index (χ2v) is 5.71. The molecule has 4 aromatic rings. The monoisotopic (exact) mass is 348 g/mol. The number of ether oxygens (including phenoxy) is 1. The van der Waals surface area contributed by atoms with Crippen molar-refractivity contribution in [3.8, 4) is 22.8 Å². The molecule has 0 unspecified atom stereocenters. The predicted molar refractivity (Wildman–Crippen MR) is 95.4 cm³/mol. The van der Waals surface area contributed by atoms with Crippen molar-refractivity contribution in [1.29, 1.82) is 0 Å². The Labute approximate surface area is 149 Å². The van der Waals surface area contributed by atoms with Crippen LogP contribution in [-0.4, -0.2) is 32.1 Å². The first-order valence-corrected chi connectivity index (χ1v) is 8.17. The number of hydrogen-bond donors (Lipinski definition) is 0. The van der Waals surface area contributed by atoms with Crippen molar-refractivity contribution in [3.05, 3.63) is 54.6 Å². The number of pyridine rings is 1. The van der Waals surface area contributed by atoms with E-state index in [1.165, 1.54) is 6.20 Å². The molecule has 4 rings (SSSR count). The van der Waals surface area contributed by atoms with Crippen LogP contribution in [0.1, 0.15) is 17.4 Å². The van der Waals surface area contributed by atoms with Crippen LogP contribution in [0.5, 0.6) is 0 Å². The first-order chi connectivity index (χ1) is 12.7. The van der Waals surface area contributed by atoms with E-state index in [0.717, 1.165) is 16.9 Å². The fraction of sp³-hybridized carbons (Fsp3) is 0.158. The molecular formula is C19H16N4O3. The number of oxazole rings is 1. The van der Waals surface area contributed by atoms with Crippen LogP contribution in [0.15, 0.2) is 53.3 Å². The van der Waals surface area contributed by atoms with Gasteiger partial charge in [-0.1, -0.05) is 0 Å². The highest BCUT2D eigenvalue weighted by molar-refractivity contribution is 5.89. The van der Waals surface area contributed by atoms with E-state index >= 15 is 0 Å². The summed E-state index contributed by atoms with van der Waals surface area (Å²) in [6.07, 6.45) is 5.18. The number of carbonyl (C=O) groups is 1. The van der Waals surface area contributed by atoms with Crippen molar-refractivity contribution in [2.24, 2.45) is 7.05 Å². The van der Waals surface area contributed by atoms with E-state index in [2.05, 4.69) is 15.0 Å². The largest absolute Gasteiger partial charge is 0.461 e. The lowest BCUT2D eigenvalue weighted by atomic mass is 10.2. The third-order valence-electron chi connectivity index (χ3n) is 3.96. The van der Waals surface area contributed by atoms with Gasteiger partial charge in [0, 0.05) is 36.8 Å². The molecular weight excluding hydrogens is 332 g/mol. The normalized spacial score (nSPS) is 11.0. The summed E-state index contributed by atoms with van der Waals surface area (Å²) in [4.78, 5) is 24.8. The first kappa shape index (κ1) is 16.0. The summed E-state index contributed by atoms with van der Waals surface area (Å²) < 4.78 is 12.8. The zero-order valence-corrected chi connectivity index (χ0v) is 14.3. The lowest BCUT2D eigenvalue weighted by molar-refractivity contribution is 0.0519. The Kier molecular flexibility index (Phi) is 3.96. The maximum atomic E-state index is 11.9. The summed E-state index contributed by atoms with van der Waals surface area (Å²) in [6, 6.07) is 9.09. The van der Waals surface area contributed by atoms with Gasteiger partial charge in [-0.25, -0.2) is 19.7 Å². The Morgan fingerprint density at radius 1 is 1.15 bits per heavy atom. The van der Waals surface area contributed by atoms with Crippen molar-refractivity contribution in [2.75, 3.05) is 6.61 Å². The van der Waals surface area contributed by atoms with Crippen molar-refractivity contribution >= 4 is 17.1 Å². The van der Waals surface area contributed by atoms with E-state index < -0.39 is 5.97 Å². The summed E-state index contributed by atoms with van der Waals surface area (Å²) >= 11 is 0. The number of fused-ring (bicyclic) bond motifs is 1. The molecule has 26 heavy (non-hydrogen) atoms. The molecule has 0 N–H and O–H groups in total. The SMILES string of the molecule is CCOC(=O)c1cc(-c2nc3cc(-c4nccn4C)ccc3o2)ccn1. The van der Waals surface area contributed by atoms with Gasteiger partial charge in [0.2, 0.25) is 5.89 Å². The topological polar surface area (TPSA) is 83.0 Å². The number of benzene rings is 1. The van der Waals surface area contributed by atoms with Gasteiger partial charge in [-0.15, -0.1) is 0 Å². The van der Waals surface area contributed by atoms with Gasteiger partial charge in [0.15, 0.2) is 5.58 Å². The highest BCUT2D eigenvalue weighted by Crippen LogP contribution is 2.28. The highest BCUT2D eigenvalue weighted by atomic mass is 16.5. The zero-order valence-electron chi connectivity index (χ0n) is 14.3. The average molecular weight is 348 g/mol. The van der Waals surface area contributed by atoms with Gasteiger partial charge in [-0.2, -0.15) is 0 Å². The second-order valence-electron chi connectivity index (χ2n) is 5.71. The molecule has 1 aromatic carbocycles. The maximum absolute atomic E-state index is 11.9. The van der Waals surface area contributed by atoms with E-state index in [4.69, 9.17) is 9.15 Å². The first-order valence-electron chi connectivity index (χ1n) is 8.17. The Balaban J connectivity index is 1.73. The average Bonchev–Trinajstić information content (AvgIpc) is 3.27. The van der Waals surface area contributed by atoms with Crippen LogP contribution in [-0.2, 0) is 11.8 Å². The number of nitrogens with zero attached hydrogens (tertiary/aromatic N) is 4. The number of esters is 1. The van der Waals surface area contributed by atoms with E-state index in [0.29, 0.717) is 23.6 Å². The Morgan fingerprint density at radius 2 is 2.04 bits per heavy atom. The number of imidazole rings is 1. The van der Waals surface area contributed by atoms with Gasteiger partial charge in [0.05, 0.1) is 6.61 Å². The van der Waals surface area contributed by atoms with E-state index in [9.17, 15) is 4.79 Å². The minimum atomic E-state index is -0.470. The number of hydrogen-bond acceptors (Lipinski definition) is 6. The second kappa shape index (κ2) is 6.44. The summed E-state index contributed by atoms with van der Waals surface area (Å²) in [5.74, 6) is 0.803. The quantitative estimate of drug-likeness (QED) is 0.525. The molecule has 3 heterocycles. The molecule has 0 saturated carbocycles. The number of aryl methyl sites for hydroxylation is 1. The van der Waals surface area contributed by atoms with Crippen LogP contribution >= 0.6 is 0 Å². The molecule has 0 amide bonds. The Bertz CT molecular complexity index is 1100. The van der Waals surface area contributed by atoms with Crippen LogP contribution in [0.2, 0.25) is 0 Å². The van der Waals surface area contributed by atoms with Crippen molar-refractivity contribution in [3.63, 3.8) is 0 Å². The van der Waals surface area contributed by atoms with Crippen molar-refractivity contribution in [1.82, 2.24) is 19.5 Å². The molecule has 0 spiro atoms. The maximum Gasteiger partial charge on any atom is 0.356 e. The molecule has 0 aliphatic heterocycles. The third-order valence-corrected chi connectivity index (χ3v) is 3.96. The van der Waals surface area contributed by atoms with Crippen LogP contribution in [0.25, 0.3) is 33.9 Å². The summed E-state index contributed by atoms with van der Waals surface area (Å²) in [5.41, 5.74) is 3.22. The lowest BCUT2D eigenvalue weighted by Crippen LogP contribution is -2.06. The molecule has 0 atom stereocenters. The molecule has 130 valence electrons. The molecule has 0 fully saturated rings. The smallest absolute Gasteiger partial charge is 0.356 e. The van der Waals surface area contributed by atoms with Gasteiger partial charge < -0.3 is 13.7 Å². The van der Waals surface area contributed by atoms with Crippen LogP contribution in [0.3, 0.4) is 0 Å². The minimum Gasteiger partial charge on any atom is -0.461 e. The fourth-order valence-corrected chi connectivity index (χ4v) is 2.71. The summed E-state index contributed by atoms with van der Waals surface area (Å²) in [6.45, 7) is 2.05. The standard InChI is InChI=1S/C19H16N4O3/c1-3-25-19(24)15-11-13(6-7-20-15)18-22-14-10-12(4-5-16(14)26-18)17-21-8-9-23(17)2/h4-11H,3H2,1-2H3. The van der Waals surface area contributed by atoms with Gasteiger partial charge in [0.25, 0.3) is 0 Å². The van der Waals surface area contributed by atoms with E-state index in [1.54, 1.807) is 25.3 Å². The third kappa shape index (κ3) is 2.83. The van der Waals surface area contributed by atoms with Gasteiger partial charge >= 0.3 is 5.97 Å². The predicted octanol–water partition coefficient (Wildman–Crippen LogP) is 3.47. The van der Waals surface area contributed by atoms with Crippen LogP contribution < -0.4 is 0 Å². The van der Waals surface area contributed by atoms with E-state index in [1.807, 2.05) is 36.0 Å². The van der Waals surface area contributed by atoms with Gasteiger partial charge in [0.1, 0.15) is 17.0 Å². The van der Waals surface area contributed by atoms with Gasteiger partial charge in [-0.05, 0) is 37.3 Å². The number of aromatic nitrogens is 4. The van der Waals surface area contributed by atoms with Crippen molar-refractivity contribution in [2.45, 2.75) is 6.92 Å². The fourth-order valence-electron chi connectivity index (χ4n) is 2.71. The molecule has 0 bridgehead atoms. The molecule has 0 aliphatic carbocycles. The molecule has 7 heteroatoms. The van der Waals surface area contributed by atoms with Gasteiger partial charge in [-0.3, -0.25) is 0 Å².